The van der Waals surface area contributed by atoms with Crippen LogP contribution in [-0.2, 0) is 4.79 Å². The Hall–Kier alpha value is -1.84. The number of piperidine rings is 1. The third-order valence-electron chi connectivity index (χ3n) is 3.05. The summed E-state index contributed by atoms with van der Waals surface area (Å²) in [5, 5.41) is 2.73. The van der Waals surface area contributed by atoms with E-state index < -0.39 is 5.92 Å². The number of hydrogen-bond acceptors (Lipinski definition) is 3. The summed E-state index contributed by atoms with van der Waals surface area (Å²) in [6.07, 6.45) is 1.50. The summed E-state index contributed by atoms with van der Waals surface area (Å²) >= 11 is 0. The van der Waals surface area contributed by atoms with E-state index in [0.717, 1.165) is 12.2 Å². The van der Waals surface area contributed by atoms with Crippen LogP contribution in [0.3, 0.4) is 0 Å². The van der Waals surface area contributed by atoms with Crippen LogP contribution in [0.4, 0.5) is 0 Å². The smallest absolute Gasteiger partial charge is 0.230 e. The van der Waals surface area contributed by atoms with Gasteiger partial charge in [0, 0.05) is 12.1 Å². The minimum absolute atomic E-state index is 0.102. The van der Waals surface area contributed by atoms with Gasteiger partial charge in [0.05, 0.1) is 6.61 Å². The molecule has 1 aromatic rings. The number of ketones is 1. The van der Waals surface area contributed by atoms with Crippen molar-refractivity contribution in [2.24, 2.45) is 5.92 Å². The highest BCUT2D eigenvalue weighted by atomic mass is 16.5. The Morgan fingerprint density at radius 2 is 2.11 bits per heavy atom. The number of carbonyl (C=O) groups is 2. The lowest BCUT2D eigenvalue weighted by Gasteiger charge is -2.20. The lowest BCUT2D eigenvalue weighted by atomic mass is 9.90. The van der Waals surface area contributed by atoms with Crippen LogP contribution >= 0.6 is 0 Å². The Morgan fingerprint density at radius 1 is 1.39 bits per heavy atom. The van der Waals surface area contributed by atoms with Crippen LogP contribution in [0.1, 0.15) is 30.1 Å². The van der Waals surface area contributed by atoms with E-state index in [9.17, 15) is 9.59 Å². The number of Topliss-reactive ketones (excluding diaryl/α,β-unsaturated/α-hetero) is 1. The van der Waals surface area contributed by atoms with Gasteiger partial charge in [0.2, 0.25) is 5.91 Å². The van der Waals surface area contributed by atoms with Gasteiger partial charge < -0.3 is 10.1 Å². The van der Waals surface area contributed by atoms with Gasteiger partial charge in [0.1, 0.15) is 11.7 Å². The zero-order chi connectivity index (χ0) is 13.0. The number of rotatable bonds is 4. The van der Waals surface area contributed by atoms with E-state index in [2.05, 4.69) is 5.32 Å². The molecule has 0 radical (unpaired) electrons. The standard InChI is InChI=1S/C14H17NO3/c1-2-18-11-7-5-10(6-8-11)13(16)12-4-3-9-15-14(12)17/h5-8,12H,2-4,9H2,1H3,(H,15,17). The quantitative estimate of drug-likeness (QED) is 0.652. The average Bonchev–Trinajstić information content (AvgIpc) is 2.40. The van der Waals surface area contributed by atoms with Crippen molar-refractivity contribution in [1.82, 2.24) is 5.32 Å². The van der Waals surface area contributed by atoms with E-state index in [1.165, 1.54) is 0 Å². The lowest BCUT2D eigenvalue weighted by molar-refractivity contribution is -0.124. The monoisotopic (exact) mass is 247 g/mol. The summed E-state index contributed by atoms with van der Waals surface area (Å²) in [5.41, 5.74) is 0.570. The molecule has 0 bridgehead atoms. The van der Waals surface area contributed by atoms with Crippen LogP contribution in [-0.4, -0.2) is 24.8 Å². The first kappa shape index (κ1) is 12.6. The molecule has 2 rings (SSSR count). The molecule has 4 heteroatoms. The van der Waals surface area contributed by atoms with Crippen LogP contribution < -0.4 is 10.1 Å². The van der Waals surface area contributed by atoms with Gasteiger partial charge in [0.25, 0.3) is 0 Å². The van der Waals surface area contributed by atoms with Crippen LogP contribution in [0.5, 0.6) is 5.75 Å². The number of carbonyl (C=O) groups excluding carboxylic acids is 2. The molecule has 1 atom stereocenters. The first-order chi connectivity index (χ1) is 8.72. The molecule has 1 unspecified atom stereocenters. The predicted molar refractivity (Wildman–Crippen MR) is 67.7 cm³/mol. The summed E-state index contributed by atoms with van der Waals surface area (Å²) in [6, 6.07) is 6.96. The van der Waals surface area contributed by atoms with Crippen LogP contribution in [0, 0.1) is 5.92 Å². The number of nitrogens with one attached hydrogen (secondary N) is 1. The maximum Gasteiger partial charge on any atom is 0.230 e. The molecule has 1 amide bonds. The molecule has 1 saturated heterocycles. The predicted octanol–water partition coefficient (Wildman–Crippen LogP) is 1.79. The third kappa shape index (κ3) is 2.70. The zero-order valence-corrected chi connectivity index (χ0v) is 10.4. The van der Waals surface area contributed by atoms with E-state index in [1.807, 2.05) is 6.92 Å². The molecule has 1 aliphatic rings. The molecule has 4 nitrogen and oxygen atoms in total. The van der Waals surface area contributed by atoms with E-state index in [0.29, 0.717) is 25.1 Å². The van der Waals surface area contributed by atoms with Gasteiger partial charge in [-0.2, -0.15) is 0 Å². The second-order valence-corrected chi connectivity index (χ2v) is 4.31. The SMILES string of the molecule is CCOc1ccc(C(=O)C2CCCNC2=O)cc1. The number of amides is 1. The first-order valence-corrected chi connectivity index (χ1v) is 6.27. The summed E-state index contributed by atoms with van der Waals surface area (Å²) in [4.78, 5) is 23.8. The summed E-state index contributed by atoms with van der Waals surface area (Å²) in [5.74, 6) is -0.0470. The molecule has 0 saturated carbocycles. The van der Waals surface area contributed by atoms with E-state index in [-0.39, 0.29) is 11.7 Å². The van der Waals surface area contributed by atoms with Crippen molar-refractivity contribution >= 4 is 11.7 Å². The van der Waals surface area contributed by atoms with Crippen molar-refractivity contribution in [2.75, 3.05) is 13.2 Å². The van der Waals surface area contributed by atoms with Gasteiger partial charge in [-0.3, -0.25) is 9.59 Å². The molecule has 18 heavy (non-hydrogen) atoms. The van der Waals surface area contributed by atoms with Gasteiger partial charge in [-0.05, 0) is 44.0 Å². The number of ether oxygens (including phenoxy) is 1. The first-order valence-electron chi connectivity index (χ1n) is 6.27. The molecule has 96 valence electrons. The fourth-order valence-electron chi connectivity index (χ4n) is 2.11. The topological polar surface area (TPSA) is 55.4 Å². The largest absolute Gasteiger partial charge is 0.494 e. The second kappa shape index (κ2) is 5.67. The number of hydrogen-bond donors (Lipinski definition) is 1. The van der Waals surface area contributed by atoms with Crippen molar-refractivity contribution in [1.29, 1.82) is 0 Å². The number of benzene rings is 1. The fourth-order valence-corrected chi connectivity index (χ4v) is 2.11. The molecule has 0 aliphatic carbocycles. The van der Waals surface area contributed by atoms with Crippen LogP contribution in [0.15, 0.2) is 24.3 Å². The summed E-state index contributed by atoms with van der Waals surface area (Å²) in [7, 11) is 0. The van der Waals surface area contributed by atoms with Crippen molar-refractivity contribution < 1.29 is 14.3 Å². The van der Waals surface area contributed by atoms with Gasteiger partial charge >= 0.3 is 0 Å². The van der Waals surface area contributed by atoms with Crippen LogP contribution in [0.25, 0.3) is 0 Å². The molecular weight excluding hydrogens is 230 g/mol. The van der Waals surface area contributed by atoms with Crippen LogP contribution in [0.2, 0.25) is 0 Å². The van der Waals surface area contributed by atoms with Crippen molar-refractivity contribution in [3.63, 3.8) is 0 Å². The molecule has 1 aromatic carbocycles. The molecule has 0 spiro atoms. The minimum atomic E-state index is -0.531. The van der Waals surface area contributed by atoms with Crippen molar-refractivity contribution in [3.8, 4) is 5.75 Å². The zero-order valence-electron chi connectivity index (χ0n) is 10.4. The summed E-state index contributed by atoms with van der Waals surface area (Å²) < 4.78 is 5.32. The fraction of sp³-hybridized carbons (Fsp3) is 0.429. The van der Waals surface area contributed by atoms with Crippen molar-refractivity contribution in [2.45, 2.75) is 19.8 Å². The van der Waals surface area contributed by atoms with Gasteiger partial charge in [-0.25, -0.2) is 0 Å². The van der Waals surface area contributed by atoms with Gasteiger partial charge in [-0.1, -0.05) is 0 Å². The van der Waals surface area contributed by atoms with E-state index in [1.54, 1.807) is 24.3 Å². The highest BCUT2D eigenvalue weighted by molar-refractivity contribution is 6.10. The summed E-state index contributed by atoms with van der Waals surface area (Å²) in [6.45, 7) is 3.18. The Kier molecular flexibility index (Phi) is 3.97. The molecule has 1 heterocycles. The molecule has 0 aromatic heterocycles. The molecule has 1 aliphatic heterocycles. The maximum atomic E-state index is 12.2. The van der Waals surface area contributed by atoms with E-state index >= 15 is 0 Å². The Labute approximate surface area is 106 Å². The Balaban J connectivity index is 2.10. The highest BCUT2D eigenvalue weighted by Crippen LogP contribution is 2.19. The molecule has 1 fully saturated rings. The Morgan fingerprint density at radius 3 is 2.72 bits per heavy atom. The van der Waals surface area contributed by atoms with E-state index in [4.69, 9.17) is 4.74 Å². The lowest BCUT2D eigenvalue weighted by Crippen LogP contribution is -2.40. The van der Waals surface area contributed by atoms with Crippen molar-refractivity contribution in [3.05, 3.63) is 29.8 Å². The molecular formula is C14H17NO3. The normalized spacial score (nSPS) is 19.2. The van der Waals surface area contributed by atoms with Gasteiger partial charge in [-0.15, -0.1) is 0 Å². The third-order valence-corrected chi connectivity index (χ3v) is 3.05. The molecule has 1 N–H and O–H groups in total. The van der Waals surface area contributed by atoms with Gasteiger partial charge in [0.15, 0.2) is 5.78 Å². The highest BCUT2D eigenvalue weighted by Gasteiger charge is 2.29. The Bertz CT molecular complexity index is 439. The average molecular weight is 247 g/mol. The second-order valence-electron chi connectivity index (χ2n) is 4.31. The maximum absolute atomic E-state index is 12.2. The minimum Gasteiger partial charge on any atom is -0.494 e.